The second-order valence-electron chi connectivity index (χ2n) is 4.16. The third kappa shape index (κ3) is 4.62. The Balaban J connectivity index is 1.98. The molecule has 1 aliphatic rings. The largest absolute Gasteiger partial charge is 0.388 e. The third-order valence-electron chi connectivity index (χ3n) is 2.80. The minimum Gasteiger partial charge on any atom is -0.388 e. The first-order valence-corrected chi connectivity index (χ1v) is 5.73. The molecule has 1 amide bonds. The number of hydrogen-bond acceptors (Lipinski definition) is 3. The normalized spacial score (nSPS) is 18.3. The highest BCUT2D eigenvalue weighted by molar-refractivity contribution is 5.75. The number of nitrogens with one attached hydrogen (secondary N) is 1. The fourth-order valence-electron chi connectivity index (χ4n) is 1.59. The van der Waals surface area contributed by atoms with E-state index in [-0.39, 0.29) is 5.91 Å². The second-order valence-corrected chi connectivity index (χ2v) is 4.16. The second kappa shape index (κ2) is 6.08. The SMILES string of the molecule is CCOCCCC(=O)NCC1(O)CCC1. The Morgan fingerprint density at radius 2 is 2.27 bits per heavy atom. The first-order valence-electron chi connectivity index (χ1n) is 5.73. The number of carbonyl (C=O) groups excluding carboxylic acids is 1. The van der Waals surface area contributed by atoms with Gasteiger partial charge in [-0.1, -0.05) is 0 Å². The minimum absolute atomic E-state index is 0.00929. The first kappa shape index (κ1) is 12.5. The molecule has 88 valence electrons. The molecule has 1 rings (SSSR count). The molecule has 0 saturated heterocycles. The Morgan fingerprint density at radius 3 is 2.80 bits per heavy atom. The Hall–Kier alpha value is -0.610. The van der Waals surface area contributed by atoms with E-state index in [1.165, 1.54) is 0 Å². The highest BCUT2D eigenvalue weighted by atomic mass is 16.5. The van der Waals surface area contributed by atoms with Gasteiger partial charge in [-0.05, 0) is 32.6 Å². The molecule has 0 atom stereocenters. The van der Waals surface area contributed by atoms with Crippen molar-refractivity contribution in [1.82, 2.24) is 5.32 Å². The summed E-state index contributed by atoms with van der Waals surface area (Å²) in [6.45, 7) is 3.67. The average Bonchev–Trinajstić information content (AvgIpc) is 2.19. The smallest absolute Gasteiger partial charge is 0.220 e. The van der Waals surface area contributed by atoms with Crippen molar-refractivity contribution in [3.8, 4) is 0 Å². The number of aliphatic hydroxyl groups is 1. The summed E-state index contributed by atoms with van der Waals surface area (Å²) in [5.41, 5.74) is -0.615. The predicted molar refractivity (Wildman–Crippen MR) is 57.5 cm³/mol. The zero-order valence-corrected chi connectivity index (χ0v) is 9.42. The Morgan fingerprint density at radius 1 is 1.53 bits per heavy atom. The van der Waals surface area contributed by atoms with E-state index in [9.17, 15) is 9.90 Å². The van der Waals surface area contributed by atoms with Crippen molar-refractivity contribution in [2.45, 2.75) is 44.6 Å². The molecule has 4 heteroatoms. The number of hydrogen-bond donors (Lipinski definition) is 2. The molecular formula is C11H21NO3. The number of rotatable bonds is 7. The van der Waals surface area contributed by atoms with E-state index >= 15 is 0 Å². The zero-order chi connectivity index (χ0) is 11.1. The van der Waals surface area contributed by atoms with Gasteiger partial charge in [0.25, 0.3) is 0 Å². The maximum Gasteiger partial charge on any atom is 0.220 e. The Labute approximate surface area is 91.0 Å². The predicted octanol–water partition coefficient (Wildman–Crippen LogP) is 0.834. The van der Waals surface area contributed by atoms with Gasteiger partial charge in [-0.3, -0.25) is 4.79 Å². The molecule has 0 aromatic heterocycles. The van der Waals surface area contributed by atoms with E-state index < -0.39 is 5.60 Å². The lowest BCUT2D eigenvalue weighted by molar-refractivity contribution is -0.123. The average molecular weight is 215 g/mol. The van der Waals surface area contributed by atoms with Crippen molar-refractivity contribution in [3.05, 3.63) is 0 Å². The summed E-state index contributed by atoms with van der Waals surface area (Å²) in [5, 5.41) is 12.5. The minimum atomic E-state index is -0.615. The molecule has 4 nitrogen and oxygen atoms in total. The van der Waals surface area contributed by atoms with E-state index in [2.05, 4.69) is 5.32 Å². The summed E-state index contributed by atoms with van der Waals surface area (Å²) >= 11 is 0. The van der Waals surface area contributed by atoms with Crippen LogP contribution in [0.25, 0.3) is 0 Å². The molecule has 0 aromatic rings. The van der Waals surface area contributed by atoms with Crippen LogP contribution in [0.3, 0.4) is 0 Å². The zero-order valence-electron chi connectivity index (χ0n) is 9.42. The fraction of sp³-hybridized carbons (Fsp3) is 0.909. The van der Waals surface area contributed by atoms with Crippen molar-refractivity contribution in [3.63, 3.8) is 0 Å². The molecule has 0 bridgehead atoms. The molecule has 0 aliphatic heterocycles. The van der Waals surface area contributed by atoms with Crippen molar-refractivity contribution in [2.24, 2.45) is 0 Å². The van der Waals surface area contributed by atoms with Crippen LogP contribution >= 0.6 is 0 Å². The van der Waals surface area contributed by atoms with Crippen molar-refractivity contribution in [1.29, 1.82) is 0 Å². The summed E-state index contributed by atoms with van der Waals surface area (Å²) in [6, 6.07) is 0. The molecule has 0 spiro atoms. The monoisotopic (exact) mass is 215 g/mol. The van der Waals surface area contributed by atoms with E-state index in [4.69, 9.17) is 4.74 Å². The van der Waals surface area contributed by atoms with Gasteiger partial charge in [0.15, 0.2) is 0 Å². The van der Waals surface area contributed by atoms with Crippen LogP contribution in [-0.4, -0.2) is 36.4 Å². The lowest BCUT2D eigenvalue weighted by Crippen LogP contribution is -2.47. The molecule has 15 heavy (non-hydrogen) atoms. The van der Waals surface area contributed by atoms with Gasteiger partial charge in [0.1, 0.15) is 0 Å². The van der Waals surface area contributed by atoms with Crippen LogP contribution in [0.5, 0.6) is 0 Å². The lowest BCUT2D eigenvalue weighted by Gasteiger charge is -2.36. The van der Waals surface area contributed by atoms with Gasteiger partial charge >= 0.3 is 0 Å². The van der Waals surface area contributed by atoms with E-state index in [0.29, 0.717) is 26.2 Å². The maximum atomic E-state index is 11.3. The summed E-state index contributed by atoms with van der Waals surface area (Å²) in [4.78, 5) is 11.3. The van der Waals surface area contributed by atoms with E-state index in [1.807, 2.05) is 6.92 Å². The summed E-state index contributed by atoms with van der Waals surface area (Å²) < 4.78 is 5.13. The van der Waals surface area contributed by atoms with Gasteiger partial charge in [0, 0.05) is 26.2 Å². The topological polar surface area (TPSA) is 58.6 Å². The number of carbonyl (C=O) groups is 1. The number of ether oxygens (including phenoxy) is 1. The summed E-state index contributed by atoms with van der Waals surface area (Å²) in [6.07, 6.45) is 3.92. The van der Waals surface area contributed by atoms with E-state index in [1.54, 1.807) is 0 Å². The van der Waals surface area contributed by atoms with Gasteiger partial charge in [0.05, 0.1) is 5.60 Å². The molecule has 0 aromatic carbocycles. The quantitative estimate of drug-likeness (QED) is 0.619. The highest BCUT2D eigenvalue weighted by Gasteiger charge is 2.34. The molecule has 0 unspecified atom stereocenters. The molecule has 1 saturated carbocycles. The van der Waals surface area contributed by atoms with Crippen LogP contribution in [0.2, 0.25) is 0 Å². The van der Waals surface area contributed by atoms with Crippen LogP contribution in [0.15, 0.2) is 0 Å². The van der Waals surface area contributed by atoms with Crippen LogP contribution in [0, 0.1) is 0 Å². The van der Waals surface area contributed by atoms with Gasteiger partial charge in [-0.15, -0.1) is 0 Å². The molecule has 0 heterocycles. The van der Waals surface area contributed by atoms with Gasteiger partial charge < -0.3 is 15.2 Å². The summed E-state index contributed by atoms with van der Waals surface area (Å²) in [7, 11) is 0. The van der Waals surface area contributed by atoms with Crippen LogP contribution in [0.4, 0.5) is 0 Å². The lowest BCUT2D eigenvalue weighted by atomic mass is 9.80. The fourth-order valence-corrected chi connectivity index (χ4v) is 1.59. The molecule has 1 aliphatic carbocycles. The van der Waals surface area contributed by atoms with E-state index in [0.717, 1.165) is 25.7 Å². The van der Waals surface area contributed by atoms with Crippen molar-refractivity contribution < 1.29 is 14.6 Å². The van der Waals surface area contributed by atoms with Gasteiger partial charge in [-0.2, -0.15) is 0 Å². The van der Waals surface area contributed by atoms with Gasteiger partial charge in [-0.25, -0.2) is 0 Å². The van der Waals surface area contributed by atoms with Crippen molar-refractivity contribution >= 4 is 5.91 Å². The Bertz CT molecular complexity index is 202. The highest BCUT2D eigenvalue weighted by Crippen LogP contribution is 2.30. The first-order chi connectivity index (χ1) is 7.16. The molecule has 0 radical (unpaired) electrons. The van der Waals surface area contributed by atoms with Crippen LogP contribution < -0.4 is 5.32 Å². The Kier molecular flexibility index (Phi) is 5.05. The summed E-state index contributed by atoms with van der Waals surface area (Å²) in [5.74, 6) is 0.00929. The maximum absolute atomic E-state index is 11.3. The van der Waals surface area contributed by atoms with Gasteiger partial charge in [0.2, 0.25) is 5.91 Å². The molecular weight excluding hydrogens is 194 g/mol. The number of amides is 1. The molecule has 1 fully saturated rings. The van der Waals surface area contributed by atoms with Crippen LogP contribution in [0.1, 0.15) is 39.0 Å². The molecule has 2 N–H and O–H groups in total. The van der Waals surface area contributed by atoms with Crippen LogP contribution in [-0.2, 0) is 9.53 Å². The standard InChI is InChI=1S/C11H21NO3/c1-2-15-8-3-5-10(13)12-9-11(14)6-4-7-11/h14H,2-9H2,1H3,(H,12,13). The van der Waals surface area contributed by atoms with Crippen molar-refractivity contribution in [2.75, 3.05) is 19.8 Å². The third-order valence-corrected chi connectivity index (χ3v) is 2.80.